The van der Waals surface area contributed by atoms with E-state index in [1.54, 1.807) is 31.4 Å². The fraction of sp³-hybridized carbons (Fsp3) is 0.533. The zero-order chi connectivity index (χ0) is 13.7. The maximum Gasteiger partial charge on any atom is 0.253 e. The van der Waals surface area contributed by atoms with Crippen LogP contribution in [0.15, 0.2) is 24.3 Å². The van der Waals surface area contributed by atoms with Gasteiger partial charge in [-0.15, -0.1) is 0 Å². The Hall–Kier alpha value is -1.55. The standard InChI is InChI=1S/C15H21NO3/c1-19-13-7-3-6-12(10-13)14(17)15(18)16-9-8-11-4-2-5-11/h3,6-7,10-11,14,17H,2,4-5,8-9H2,1H3,(H,16,18). The normalized spacial score (nSPS) is 16.5. The zero-order valence-electron chi connectivity index (χ0n) is 11.3. The van der Waals surface area contributed by atoms with Gasteiger partial charge in [0.05, 0.1) is 7.11 Å². The third-order valence-corrected chi connectivity index (χ3v) is 3.73. The van der Waals surface area contributed by atoms with E-state index in [1.807, 2.05) is 0 Å². The minimum Gasteiger partial charge on any atom is -0.497 e. The number of rotatable bonds is 6. The lowest BCUT2D eigenvalue weighted by molar-refractivity contribution is -0.129. The molecule has 1 unspecified atom stereocenters. The Morgan fingerprint density at radius 2 is 2.32 bits per heavy atom. The van der Waals surface area contributed by atoms with Crippen molar-refractivity contribution < 1.29 is 14.6 Å². The monoisotopic (exact) mass is 263 g/mol. The Labute approximate surface area is 113 Å². The maximum absolute atomic E-state index is 11.8. The van der Waals surface area contributed by atoms with Crippen LogP contribution in [-0.2, 0) is 4.79 Å². The van der Waals surface area contributed by atoms with Gasteiger partial charge in [0.25, 0.3) is 5.91 Å². The first-order chi connectivity index (χ1) is 9.20. The molecule has 0 radical (unpaired) electrons. The van der Waals surface area contributed by atoms with Gasteiger partial charge in [-0.1, -0.05) is 31.4 Å². The van der Waals surface area contributed by atoms with Crippen molar-refractivity contribution in [3.8, 4) is 5.75 Å². The van der Waals surface area contributed by atoms with Gasteiger partial charge in [0, 0.05) is 6.54 Å². The fourth-order valence-corrected chi connectivity index (χ4v) is 2.24. The fourth-order valence-electron chi connectivity index (χ4n) is 2.24. The summed E-state index contributed by atoms with van der Waals surface area (Å²) in [5, 5.41) is 12.8. The number of methoxy groups -OCH3 is 1. The second kappa shape index (κ2) is 6.57. The topological polar surface area (TPSA) is 58.6 Å². The summed E-state index contributed by atoms with van der Waals surface area (Å²) in [5.74, 6) is 1.06. The molecule has 0 aromatic heterocycles. The molecule has 1 aliphatic rings. The lowest BCUT2D eigenvalue weighted by atomic mass is 9.83. The molecule has 2 N–H and O–H groups in total. The summed E-state index contributed by atoms with van der Waals surface area (Å²) in [5.41, 5.74) is 0.556. The first kappa shape index (κ1) is 13.9. The van der Waals surface area contributed by atoms with E-state index in [-0.39, 0.29) is 5.91 Å². The Morgan fingerprint density at radius 3 is 2.95 bits per heavy atom. The molecule has 0 aliphatic heterocycles. The third kappa shape index (κ3) is 3.70. The van der Waals surface area contributed by atoms with Crippen LogP contribution in [0.3, 0.4) is 0 Å². The Bertz CT molecular complexity index is 429. The number of aliphatic hydroxyl groups is 1. The van der Waals surface area contributed by atoms with Gasteiger partial charge in [0.1, 0.15) is 5.75 Å². The van der Waals surface area contributed by atoms with Gasteiger partial charge in [-0.25, -0.2) is 0 Å². The predicted octanol–water partition coefficient (Wildman–Crippen LogP) is 2.04. The second-order valence-electron chi connectivity index (χ2n) is 5.06. The van der Waals surface area contributed by atoms with Crippen molar-refractivity contribution in [1.29, 1.82) is 0 Å². The number of hydrogen-bond acceptors (Lipinski definition) is 3. The van der Waals surface area contributed by atoms with E-state index in [2.05, 4.69) is 5.32 Å². The van der Waals surface area contributed by atoms with Gasteiger partial charge < -0.3 is 15.2 Å². The predicted molar refractivity (Wildman–Crippen MR) is 72.9 cm³/mol. The molecule has 4 heteroatoms. The molecular formula is C15H21NO3. The molecule has 1 aliphatic carbocycles. The molecule has 1 atom stereocenters. The minimum absolute atomic E-state index is 0.340. The molecule has 0 heterocycles. The highest BCUT2D eigenvalue weighted by atomic mass is 16.5. The van der Waals surface area contributed by atoms with Crippen LogP contribution < -0.4 is 10.1 Å². The molecule has 4 nitrogen and oxygen atoms in total. The molecule has 0 bridgehead atoms. The molecule has 104 valence electrons. The number of hydrogen-bond donors (Lipinski definition) is 2. The number of nitrogens with one attached hydrogen (secondary N) is 1. The van der Waals surface area contributed by atoms with Crippen molar-refractivity contribution in [2.24, 2.45) is 5.92 Å². The highest BCUT2D eigenvalue weighted by Gasteiger charge is 2.20. The summed E-state index contributed by atoms with van der Waals surface area (Å²) in [6.45, 7) is 0.643. The van der Waals surface area contributed by atoms with Crippen LogP contribution in [0.5, 0.6) is 5.75 Å². The molecule has 1 aromatic carbocycles. The lowest BCUT2D eigenvalue weighted by Gasteiger charge is -2.25. The van der Waals surface area contributed by atoms with Gasteiger partial charge in [0.2, 0.25) is 0 Å². The molecule has 1 saturated carbocycles. The van der Waals surface area contributed by atoms with Gasteiger partial charge >= 0.3 is 0 Å². The number of ether oxygens (including phenoxy) is 1. The largest absolute Gasteiger partial charge is 0.497 e. The highest BCUT2D eigenvalue weighted by molar-refractivity contribution is 5.81. The molecule has 1 fully saturated rings. The van der Waals surface area contributed by atoms with Crippen LogP contribution in [0.25, 0.3) is 0 Å². The van der Waals surface area contributed by atoms with Crippen molar-refractivity contribution in [2.45, 2.75) is 31.8 Å². The van der Waals surface area contributed by atoms with Crippen LogP contribution in [0.2, 0.25) is 0 Å². The second-order valence-corrected chi connectivity index (χ2v) is 5.06. The van der Waals surface area contributed by atoms with Crippen LogP contribution in [0.1, 0.15) is 37.4 Å². The Balaban J connectivity index is 1.82. The lowest BCUT2D eigenvalue weighted by Crippen LogP contribution is -2.31. The summed E-state index contributed by atoms with van der Waals surface area (Å²) >= 11 is 0. The Kier molecular flexibility index (Phi) is 4.80. The van der Waals surface area contributed by atoms with Gasteiger partial charge in [0.15, 0.2) is 6.10 Å². The van der Waals surface area contributed by atoms with E-state index in [9.17, 15) is 9.90 Å². The Morgan fingerprint density at radius 1 is 1.53 bits per heavy atom. The molecule has 1 aromatic rings. The smallest absolute Gasteiger partial charge is 0.253 e. The van der Waals surface area contributed by atoms with E-state index in [1.165, 1.54) is 19.3 Å². The number of amides is 1. The van der Waals surface area contributed by atoms with Crippen LogP contribution in [-0.4, -0.2) is 24.7 Å². The van der Waals surface area contributed by atoms with Crippen LogP contribution in [0, 0.1) is 5.92 Å². The average molecular weight is 263 g/mol. The van der Waals surface area contributed by atoms with Gasteiger partial charge in [-0.3, -0.25) is 4.79 Å². The quantitative estimate of drug-likeness (QED) is 0.825. The summed E-state index contributed by atoms with van der Waals surface area (Å²) in [6.07, 6.45) is 3.74. The van der Waals surface area contributed by atoms with Gasteiger partial charge in [-0.05, 0) is 30.0 Å². The highest BCUT2D eigenvalue weighted by Crippen LogP contribution is 2.28. The molecular weight excluding hydrogens is 242 g/mol. The van der Waals surface area contributed by atoms with E-state index in [4.69, 9.17) is 4.74 Å². The van der Waals surface area contributed by atoms with Crippen molar-refractivity contribution in [3.05, 3.63) is 29.8 Å². The summed E-state index contributed by atoms with van der Waals surface area (Å²) in [4.78, 5) is 11.8. The van der Waals surface area contributed by atoms with Crippen LogP contribution in [0.4, 0.5) is 0 Å². The number of carbonyl (C=O) groups is 1. The van der Waals surface area contributed by atoms with E-state index >= 15 is 0 Å². The number of carbonyl (C=O) groups excluding carboxylic acids is 1. The van der Waals surface area contributed by atoms with Crippen molar-refractivity contribution >= 4 is 5.91 Å². The molecule has 2 rings (SSSR count). The van der Waals surface area contributed by atoms with Crippen molar-refractivity contribution in [1.82, 2.24) is 5.32 Å². The number of benzene rings is 1. The third-order valence-electron chi connectivity index (χ3n) is 3.73. The molecule has 19 heavy (non-hydrogen) atoms. The van der Waals surface area contributed by atoms with Crippen molar-refractivity contribution in [3.63, 3.8) is 0 Å². The minimum atomic E-state index is -1.13. The zero-order valence-corrected chi connectivity index (χ0v) is 11.3. The molecule has 1 amide bonds. The summed E-state index contributed by atoms with van der Waals surface area (Å²) in [7, 11) is 1.56. The summed E-state index contributed by atoms with van der Waals surface area (Å²) in [6, 6.07) is 6.94. The first-order valence-corrected chi connectivity index (χ1v) is 6.80. The average Bonchev–Trinajstić information content (AvgIpc) is 2.40. The molecule has 0 saturated heterocycles. The van der Waals surface area contributed by atoms with E-state index in [0.29, 0.717) is 17.9 Å². The first-order valence-electron chi connectivity index (χ1n) is 6.80. The van der Waals surface area contributed by atoms with E-state index in [0.717, 1.165) is 12.3 Å². The van der Waals surface area contributed by atoms with E-state index < -0.39 is 6.10 Å². The molecule has 0 spiro atoms. The summed E-state index contributed by atoms with van der Waals surface area (Å²) < 4.78 is 5.08. The van der Waals surface area contributed by atoms with Crippen molar-refractivity contribution in [2.75, 3.05) is 13.7 Å². The number of aliphatic hydroxyl groups excluding tert-OH is 1. The van der Waals surface area contributed by atoms with Gasteiger partial charge in [-0.2, -0.15) is 0 Å². The SMILES string of the molecule is COc1cccc(C(O)C(=O)NCCC2CCC2)c1. The maximum atomic E-state index is 11.8. The van der Waals surface area contributed by atoms with Crippen LogP contribution >= 0.6 is 0 Å².